The highest BCUT2D eigenvalue weighted by Gasteiger charge is 2.21. The molecule has 0 aliphatic rings. The normalized spacial score (nSPS) is 11.0. The molecule has 5 nitrogen and oxygen atoms in total. The molecule has 0 spiro atoms. The molecule has 0 saturated carbocycles. The molecule has 0 bridgehead atoms. The zero-order chi connectivity index (χ0) is 17.4. The molecule has 25 heavy (non-hydrogen) atoms. The Hall–Kier alpha value is -3.34. The SMILES string of the molecule is Cc1cc(-c2c(C)nn(-c3ccccc3)c2O)n(-c2ccccc2)n1. The summed E-state index contributed by atoms with van der Waals surface area (Å²) >= 11 is 0. The molecule has 0 aliphatic heterocycles. The fourth-order valence-corrected chi connectivity index (χ4v) is 3.01. The van der Waals surface area contributed by atoms with E-state index in [9.17, 15) is 5.11 Å². The summed E-state index contributed by atoms with van der Waals surface area (Å²) in [5.41, 5.74) is 4.89. The third-order valence-corrected chi connectivity index (χ3v) is 4.13. The van der Waals surface area contributed by atoms with Gasteiger partial charge in [0.25, 0.3) is 0 Å². The molecule has 4 rings (SSSR count). The van der Waals surface area contributed by atoms with E-state index in [0.717, 1.165) is 28.5 Å². The van der Waals surface area contributed by atoms with Crippen molar-refractivity contribution in [2.75, 3.05) is 0 Å². The standard InChI is InChI=1S/C20H18N4O/c1-14-13-18(23(21-14)16-9-5-3-6-10-16)19-15(2)22-24(20(19)25)17-11-7-4-8-12-17/h3-13,25H,1-2H3. The highest BCUT2D eigenvalue weighted by molar-refractivity contribution is 5.71. The van der Waals surface area contributed by atoms with Crippen molar-refractivity contribution in [3.63, 3.8) is 0 Å². The van der Waals surface area contributed by atoms with Gasteiger partial charge in [0.1, 0.15) is 0 Å². The monoisotopic (exact) mass is 330 g/mol. The van der Waals surface area contributed by atoms with Gasteiger partial charge in [-0.15, -0.1) is 0 Å². The van der Waals surface area contributed by atoms with Crippen LogP contribution in [0.1, 0.15) is 11.4 Å². The highest BCUT2D eigenvalue weighted by Crippen LogP contribution is 2.35. The van der Waals surface area contributed by atoms with Gasteiger partial charge in [-0.25, -0.2) is 9.36 Å². The van der Waals surface area contributed by atoms with Crippen LogP contribution in [0.5, 0.6) is 5.88 Å². The molecule has 0 amide bonds. The lowest BCUT2D eigenvalue weighted by atomic mass is 10.1. The molecular weight excluding hydrogens is 312 g/mol. The van der Waals surface area contributed by atoms with Crippen LogP contribution in [0.25, 0.3) is 22.6 Å². The number of hydrogen-bond acceptors (Lipinski definition) is 3. The molecule has 0 unspecified atom stereocenters. The van der Waals surface area contributed by atoms with Crippen molar-refractivity contribution in [2.24, 2.45) is 0 Å². The summed E-state index contributed by atoms with van der Waals surface area (Å²) < 4.78 is 3.40. The lowest BCUT2D eigenvalue weighted by molar-refractivity contribution is 0.435. The van der Waals surface area contributed by atoms with Crippen LogP contribution >= 0.6 is 0 Å². The van der Waals surface area contributed by atoms with Crippen molar-refractivity contribution in [2.45, 2.75) is 13.8 Å². The Balaban J connectivity index is 1.91. The molecule has 0 saturated heterocycles. The van der Waals surface area contributed by atoms with Gasteiger partial charge in [0.05, 0.1) is 34.0 Å². The fraction of sp³-hybridized carbons (Fsp3) is 0.100. The van der Waals surface area contributed by atoms with E-state index in [2.05, 4.69) is 10.2 Å². The Morgan fingerprint density at radius 2 is 1.32 bits per heavy atom. The van der Waals surface area contributed by atoms with Crippen LogP contribution in [0.15, 0.2) is 66.7 Å². The van der Waals surface area contributed by atoms with E-state index in [-0.39, 0.29) is 5.88 Å². The summed E-state index contributed by atoms with van der Waals surface area (Å²) in [6.45, 7) is 3.84. The maximum absolute atomic E-state index is 10.9. The molecule has 0 radical (unpaired) electrons. The largest absolute Gasteiger partial charge is 0.493 e. The number of hydrogen-bond donors (Lipinski definition) is 1. The van der Waals surface area contributed by atoms with Crippen molar-refractivity contribution in [3.8, 4) is 28.5 Å². The highest BCUT2D eigenvalue weighted by atomic mass is 16.3. The quantitative estimate of drug-likeness (QED) is 0.616. The van der Waals surface area contributed by atoms with Crippen molar-refractivity contribution in [1.29, 1.82) is 0 Å². The van der Waals surface area contributed by atoms with E-state index in [1.807, 2.05) is 85.3 Å². The zero-order valence-corrected chi connectivity index (χ0v) is 14.1. The first-order valence-corrected chi connectivity index (χ1v) is 8.11. The van der Waals surface area contributed by atoms with Crippen molar-refractivity contribution in [3.05, 3.63) is 78.1 Å². The van der Waals surface area contributed by atoms with Gasteiger partial charge in [0.2, 0.25) is 5.88 Å². The van der Waals surface area contributed by atoms with Crippen LogP contribution in [-0.2, 0) is 0 Å². The summed E-state index contributed by atoms with van der Waals surface area (Å²) in [5, 5.41) is 20.0. The molecular formula is C20H18N4O. The third-order valence-electron chi connectivity index (χ3n) is 4.13. The minimum atomic E-state index is 0.112. The molecule has 1 N–H and O–H groups in total. The Labute approximate surface area is 145 Å². The maximum Gasteiger partial charge on any atom is 0.224 e. The van der Waals surface area contributed by atoms with Crippen LogP contribution in [0.3, 0.4) is 0 Å². The summed E-state index contributed by atoms with van der Waals surface area (Å²) in [6, 6.07) is 21.5. The van der Waals surface area contributed by atoms with E-state index in [0.29, 0.717) is 5.56 Å². The van der Waals surface area contributed by atoms with Crippen LogP contribution in [0.2, 0.25) is 0 Å². The van der Waals surface area contributed by atoms with Crippen molar-refractivity contribution in [1.82, 2.24) is 19.6 Å². The summed E-state index contributed by atoms with van der Waals surface area (Å²) in [7, 11) is 0. The molecule has 124 valence electrons. The van der Waals surface area contributed by atoms with Gasteiger partial charge >= 0.3 is 0 Å². The second-order valence-electron chi connectivity index (χ2n) is 5.95. The lowest BCUT2D eigenvalue weighted by Crippen LogP contribution is -1.99. The van der Waals surface area contributed by atoms with Crippen LogP contribution < -0.4 is 0 Å². The smallest absolute Gasteiger partial charge is 0.224 e. The van der Waals surface area contributed by atoms with Gasteiger partial charge < -0.3 is 5.11 Å². The Morgan fingerprint density at radius 1 is 0.760 bits per heavy atom. The predicted molar refractivity (Wildman–Crippen MR) is 97.3 cm³/mol. The molecule has 2 heterocycles. The van der Waals surface area contributed by atoms with Crippen LogP contribution in [-0.4, -0.2) is 24.7 Å². The van der Waals surface area contributed by atoms with Gasteiger partial charge in [-0.05, 0) is 44.2 Å². The lowest BCUT2D eigenvalue weighted by Gasteiger charge is -2.07. The van der Waals surface area contributed by atoms with E-state index in [1.165, 1.54) is 0 Å². The van der Waals surface area contributed by atoms with Gasteiger partial charge in [0, 0.05) is 0 Å². The number of benzene rings is 2. The molecule has 0 aliphatic carbocycles. The van der Waals surface area contributed by atoms with Gasteiger partial charge in [-0.2, -0.15) is 10.2 Å². The fourth-order valence-electron chi connectivity index (χ4n) is 3.01. The molecule has 4 aromatic rings. The number of aryl methyl sites for hydroxylation is 2. The maximum atomic E-state index is 10.9. The second kappa shape index (κ2) is 5.94. The minimum Gasteiger partial charge on any atom is -0.493 e. The second-order valence-corrected chi connectivity index (χ2v) is 5.95. The number of nitrogens with zero attached hydrogens (tertiary/aromatic N) is 4. The van der Waals surface area contributed by atoms with Crippen molar-refractivity contribution < 1.29 is 5.11 Å². The van der Waals surface area contributed by atoms with Crippen molar-refractivity contribution >= 4 is 0 Å². The first-order chi connectivity index (χ1) is 12.1. The molecule has 0 atom stereocenters. The van der Waals surface area contributed by atoms with Gasteiger partial charge in [0.15, 0.2) is 0 Å². The van der Waals surface area contributed by atoms with Gasteiger partial charge in [-0.3, -0.25) is 0 Å². The number of para-hydroxylation sites is 2. The number of rotatable bonds is 3. The topological polar surface area (TPSA) is 55.9 Å². The summed E-state index contributed by atoms with van der Waals surface area (Å²) in [5.74, 6) is 0.112. The Morgan fingerprint density at radius 3 is 1.92 bits per heavy atom. The van der Waals surface area contributed by atoms with Gasteiger partial charge in [-0.1, -0.05) is 36.4 Å². The molecule has 5 heteroatoms. The van der Waals surface area contributed by atoms with Crippen LogP contribution in [0, 0.1) is 13.8 Å². The van der Waals surface area contributed by atoms with E-state index >= 15 is 0 Å². The Bertz CT molecular complexity index is 1020. The predicted octanol–water partition coefficient (Wildman–Crippen LogP) is 4.05. The third kappa shape index (κ3) is 2.59. The van der Waals surface area contributed by atoms with E-state index < -0.39 is 0 Å². The first-order valence-electron chi connectivity index (χ1n) is 8.11. The molecule has 0 fully saturated rings. The Kier molecular flexibility index (Phi) is 3.61. The number of aromatic nitrogens is 4. The van der Waals surface area contributed by atoms with E-state index in [4.69, 9.17) is 0 Å². The summed E-state index contributed by atoms with van der Waals surface area (Å²) in [6.07, 6.45) is 0. The number of aromatic hydroxyl groups is 1. The summed E-state index contributed by atoms with van der Waals surface area (Å²) in [4.78, 5) is 0. The van der Waals surface area contributed by atoms with E-state index in [1.54, 1.807) is 4.68 Å². The zero-order valence-electron chi connectivity index (χ0n) is 14.1. The minimum absolute atomic E-state index is 0.112. The van der Waals surface area contributed by atoms with Crippen LogP contribution in [0.4, 0.5) is 0 Å². The molecule has 2 aromatic heterocycles. The average molecular weight is 330 g/mol. The average Bonchev–Trinajstić information content (AvgIpc) is 3.15. The first kappa shape index (κ1) is 15.2. The molecule has 2 aromatic carbocycles.